The Bertz CT molecular complexity index is 1150. The second kappa shape index (κ2) is 12.4. The average Bonchev–Trinajstić information content (AvgIpc) is 2.79. The summed E-state index contributed by atoms with van der Waals surface area (Å²) >= 11 is 6.37. The number of nitrogens with one attached hydrogen (secondary N) is 1. The SMILES string of the molecule is CC[C@@H](C)NC(=O)[C@H](CC)N(Cc1ccccc1Cl)C(=O)CN(c1ccc(C)c(C)c1)S(C)(=O)=O. The van der Waals surface area contributed by atoms with E-state index in [1.807, 2.05) is 46.8 Å². The van der Waals surface area contributed by atoms with Gasteiger partial charge >= 0.3 is 0 Å². The van der Waals surface area contributed by atoms with Crippen molar-refractivity contribution < 1.29 is 18.0 Å². The Kier molecular flexibility index (Phi) is 10.2. The van der Waals surface area contributed by atoms with Gasteiger partial charge in [-0.15, -0.1) is 0 Å². The third-order valence-electron chi connectivity index (χ3n) is 6.14. The number of benzene rings is 2. The second-order valence-electron chi connectivity index (χ2n) is 8.89. The van der Waals surface area contributed by atoms with Crippen LogP contribution in [0.3, 0.4) is 0 Å². The molecule has 0 bridgehead atoms. The molecule has 35 heavy (non-hydrogen) atoms. The summed E-state index contributed by atoms with van der Waals surface area (Å²) in [6.45, 7) is 9.15. The molecule has 2 aromatic rings. The van der Waals surface area contributed by atoms with Crippen LogP contribution in [-0.4, -0.2) is 50.0 Å². The minimum atomic E-state index is -3.77. The van der Waals surface area contributed by atoms with Gasteiger partial charge in [0.15, 0.2) is 0 Å². The van der Waals surface area contributed by atoms with Crippen molar-refractivity contribution in [3.05, 3.63) is 64.2 Å². The third kappa shape index (κ3) is 7.70. The first kappa shape index (κ1) is 28.7. The van der Waals surface area contributed by atoms with Gasteiger partial charge in [-0.25, -0.2) is 8.42 Å². The molecule has 1 N–H and O–H groups in total. The summed E-state index contributed by atoms with van der Waals surface area (Å²) in [6.07, 6.45) is 2.18. The molecule has 2 aromatic carbocycles. The smallest absolute Gasteiger partial charge is 0.244 e. The van der Waals surface area contributed by atoms with Crippen LogP contribution in [0.4, 0.5) is 5.69 Å². The van der Waals surface area contributed by atoms with Crippen molar-refractivity contribution in [1.82, 2.24) is 10.2 Å². The van der Waals surface area contributed by atoms with Crippen molar-refractivity contribution in [2.75, 3.05) is 17.1 Å². The Labute approximate surface area is 214 Å². The van der Waals surface area contributed by atoms with Crippen molar-refractivity contribution in [2.24, 2.45) is 0 Å². The van der Waals surface area contributed by atoms with Crippen LogP contribution in [0.5, 0.6) is 0 Å². The van der Waals surface area contributed by atoms with Gasteiger partial charge in [-0.1, -0.05) is 49.7 Å². The van der Waals surface area contributed by atoms with Gasteiger partial charge in [0.1, 0.15) is 12.6 Å². The normalized spacial score (nSPS) is 13.1. The van der Waals surface area contributed by atoms with Crippen LogP contribution in [-0.2, 0) is 26.2 Å². The number of carbonyl (C=O) groups excluding carboxylic acids is 2. The summed E-state index contributed by atoms with van der Waals surface area (Å²) < 4.78 is 26.5. The van der Waals surface area contributed by atoms with Gasteiger partial charge in [-0.05, 0) is 68.5 Å². The predicted molar refractivity (Wildman–Crippen MR) is 142 cm³/mol. The average molecular weight is 522 g/mol. The van der Waals surface area contributed by atoms with E-state index in [9.17, 15) is 18.0 Å². The zero-order valence-corrected chi connectivity index (χ0v) is 22.9. The van der Waals surface area contributed by atoms with Crippen LogP contribution >= 0.6 is 11.6 Å². The van der Waals surface area contributed by atoms with Crippen molar-refractivity contribution in [2.45, 2.75) is 66.1 Å². The summed E-state index contributed by atoms with van der Waals surface area (Å²) in [7, 11) is -3.77. The zero-order valence-electron chi connectivity index (χ0n) is 21.3. The fourth-order valence-electron chi connectivity index (χ4n) is 3.67. The molecule has 0 fully saturated rings. The maximum absolute atomic E-state index is 13.7. The highest BCUT2D eigenvalue weighted by Crippen LogP contribution is 2.24. The molecule has 0 saturated carbocycles. The van der Waals surface area contributed by atoms with Crippen LogP contribution in [0.25, 0.3) is 0 Å². The summed E-state index contributed by atoms with van der Waals surface area (Å²) in [4.78, 5) is 28.3. The maximum Gasteiger partial charge on any atom is 0.244 e. The van der Waals surface area contributed by atoms with Crippen LogP contribution in [0, 0.1) is 13.8 Å². The molecular formula is C26H36ClN3O4S. The lowest BCUT2D eigenvalue weighted by atomic mass is 10.1. The van der Waals surface area contributed by atoms with Gasteiger partial charge in [0.2, 0.25) is 21.8 Å². The number of rotatable bonds is 11. The van der Waals surface area contributed by atoms with E-state index in [1.54, 1.807) is 30.3 Å². The number of hydrogen-bond donors (Lipinski definition) is 1. The van der Waals surface area contributed by atoms with Crippen molar-refractivity contribution >= 4 is 39.1 Å². The highest BCUT2D eigenvalue weighted by Gasteiger charge is 2.32. The summed E-state index contributed by atoms with van der Waals surface area (Å²) in [5.41, 5.74) is 3.01. The predicted octanol–water partition coefficient (Wildman–Crippen LogP) is 4.44. The number of sulfonamides is 1. The molecule has 0 aliphatic carbocycles. The minimum Gasteiger partial charge on any atom is -0.352 e. The molecule has 2 rings (SSSR count). The van der Waals surface area contributed by atoms with Crippen molar-refractivity contribution in [1.29, 1.82) is 0 Å². The first-order valence-electron chi connectivity index (χ1n) is 11.8. The second-order valence-corrected chi connectivity index (χ2v) is 11.2. The molecule has 2 amide bonds. The minimum absolute atomic E-state index is 0.0585. The van der Waals surface area contributed by atoms with Crippen LogP contribution in [0.2, 0.25) is 5.02 Å². The molecule has 192 valence electrons. The van der Waals surface area contributed by atoms with E-state index < -0.39 is 28.5 Å². The first-order chi connectivity index (χ1) is 16.4. The van der Waals surface area contributed by atoms with Gasteiger partial charge in [-0.2, -0.15) is 0 Å². The van der Waals surface area contributed by atoms with Crippen LogP contribution < -0.4 is 9.62 Å². The lowest BCUT2D eigenvalue weighted by Gasteiger charge is -2.33. The highest BCUT2D eigenvalue weighted by atomic mass is 35.5. The molecule has 7 nitrogen and oxygen atoms in total. The number of aryl methyl sites for hydroxylation is 2. The van der Waals surface area contributed by atoms with E-state index in [0.717, 1.165) is 28.1 Å². The maximum atomic E-state index is 13.7. The monoisotopic (exact) mass is 521 g/mol. The Morgan fingerprint density at radius 1 is 1.03 bits per heavy atom. The molecule has 9 heteroatoms. The summed E-state index contributed by atoms with van der Waals surface area (Å²) in [5, 5.41) is 3.42. The molecule has 2 atom stereocenters. The van der Waals surface area contributed by atoms with Gasteiger partial charge in [-0.3, -0.25) is 13.9 Å². The standard InChI is InChI=1S/C26H36ClN3O4S/c1-7-20(5)28-26(32)24(8-2)29(16-21-11-9-10-12-23(21)27)25(31)17-30(35(6,33)34)22-14-13-18(3)19(4)15-22/h9-15,20,24H,7-8,16-17H2,1-6H3,(H,28,32)/t20-,24+/m1/s1. The lowest BCUT2D eigenvalue weighted by molar-refractivity contribution is -0.140. The Balaban J connectivity index is 2.47. The molecule has 0 heterocycles. The molecule has 0 unspecified atom stereocenters. The lowest BCUT2D eigenvalue weighted by Crippen LogP contribution is -2.53. The quantitative estimate of drug-likeness (QED) is 0.473. The van der Waals surface area contributed by atoms with E-state index in [2.05, 4.69) is 5.32 Å². The van der Waals surface area contributed by atoms with E-state index in [4.69, 9.17) is 11.6 Å². The van der Waals surface area contributed by atoms with Gasteiger partial charge in [0.25, 0.3) is 0 Å². The molecule has 0 aliphatic rings. The Hall–Kier alpha value is -2.58. The third-order valence-corrected chi connectivity index (χ3v) is 7.65. The molecule has 0 aromatic heterocycles. The summed E-state index contributed by atoms with van der Waals surface area (Å²) in [5.74, 6) is -0.765. The van der Waals surface area contributed by atoms with E-state index in [1.165, 1.54) is 4.90 Å². The van der Waals surface area contributed by atoms with Crippen molar-refractivity contribution in [3.63, 3.8) is 0 Å². The van der Waals surface area contributed by atoms with Gasteiger partial charge in [0, 0.05) is 17.6 Å². The first-order valence-corrected chi connectivity index (χ1v) is 14.0. The van der Waals surface area contributed by atoms with E-state index >= 15 is 0 Å². The van der Waals surface area contributed by atoms with Crippen molar-refractivity contribution in [3.8, 4) is 0 Å². The highest BCUT2D eigenvalue weighted by molar-refractivity contribution is 7.92. The number of nitrogens with zero attached hydrogens (tertiary/aromatic N) is 2. The van der Waals surface area contributed by atoms with Gasteiger partial charge in [0.05, 0.1) is 11.9 Å². The van der Waals surface area contributed by atoms with E-state index in [0.29, 0.717) is 22.7 Å². The zero-order chi connectivity index (χ0) is 26.3. The Morgan fingerprint density at radius 2 is 1.69 bits per heavy atom. The number of carbonyl (C=O) groups is 2. The largest absolute Gasteiger partial charge is 0.352 e. The molecule has 0 spiro atoms. The van der Waals surface area contributed by atoms with E-state index in [-0.39, 0.29) is 18.5 Å². The Morgan fingerprint density at radius 3 is 2.23 bits per heavy atom. The molecule has 0 aliphatic heterocycles. The fraction of sp³-hybridized carbons (Fsp3) is 0.462. The topological polar surface area (TPSA) is 86.8 Å². The fourth-order valence-corrected chi connectivity index (χ4v) is 4.70. The molecule has 0 radical (unpaired) electrons. The van der Waals surface area contributed by atoms with Gasteiger partial charge < -0.3 is 10.2 Å². The molecule has 0 saturated heterocycles. The summed E-state index contributed by atoms with van der Waals surface area (Å²) in [6, 6.07) is 11.5. The number of halogens is 1. The number of amides is 2. The number of anilines is 1. The van der Waals surface area contributed by atoms with Crippen LogP contribution in [0.15, 0.2) is 42.5 Å². The van der Waals surface area contributed by atoms with Crippen LogP contribution in [0.1, 0.15) is 50.3 Å². The molecular weight excluding hydrogens is 486 g/mol. The number of hydrogen-bond acceptors (Lipinski definition) is 4.